The average molecular weight is 361 g/mol. The first-order chi connectivity index (χ1) is 9.48. The van der Waals surface area contributed by atoms with E-state index in [1.54, 1.807) is 23.1 Å². The van der Waals surface area contributed by atoms with Gasteiger partial charge in [-0.15, -0.1) is 0 Å². The van der Waals surface area contributed by atoms with Crippen LogP contribution in [0, 0.1) is 5.92 Å². The smallest absolute Gasteiger partial charge is 0.260 e. The summed E-state index contributed by atoms with van der Waals surface area (Å²) >= 11 is 9.18. The Bertz CT molecular complexity index is 541. The standard InChI is InChI=1S/C14H15BrClNO3/c15-11-5-10(16)3-4-12(11)20-6-13(18)17-7-14(19,8-17)9-1-2-9/h3-5,9,19H,1-2,6-8H2. The van der Waals surface area contributed by atoms with Crippen LogP contribution in [0.3, 0.4) is 0 Å². The van der Waals surface area contributed by atoms with Gasteiger partial charge >= 0.3 is 0 Å². The molecule has 1 saturated carbocycles. The Morgan fingerprint density at radius 1 is 1.50 bits per heavy atom. The molecule has 3 rings (SSSR count). The van der Waals surface area contributed by atoms with Crippen LogP contribution in [-0.2, 0) is 4.79 Å². The van der Waals surface area contributed by atoms with E-state index in [4.69, 9.17) is 16.3 Å². The van der Waals surface area contributed by atoms with Gasteiger partial charge in [0.2, 0.25) is 0 Å². The maximum Gasteiger partial charge on any atom is 0.260 e. The van der Waals surface area contributed by atoms with Crippen LogP contribution in [0.25, 0.3) is 0 Å². The first kappa shape index (κ1) is 14.2. The predicted octanol–water partition coefficient (Wildman–Crippen LogP) is 2.46. The van der Waals surface area contributed by atoms with E-state index in [1.165, 1.54) is 0 Å². The van der Waals surface area contributed by atoms with E-state index in [0.29, 0.717) is 29.8 Å². The van der Waals surface area contributed by atoms with Gasteiger partial charge in [0.25, 0.3) is 5.91 Å². The lowest BCUT2D eigenvalue weighted by atomic mass is 9.89. The molecule has 0 unspecified atom stereocenters. The van der Waals surface area contributed by atoms with Crippen molar-refractivity contribution in [3.63, 3.8) is 0 Å². The molecule has 0 bridgehead atoms. The summed E-state index contributed by atoms with van der Waals surface area (Å²) in [6.45, 7) is 0.838. The van der Waals surface area contributed by atoms with Crippen LogP contribution in [0.1, 0.15) is 12.8 Å². The number of nitrogens with zero attached hydrogens (tertiary/aromatic N) is 1. The summed E-state index contributed by atoms with van der Waals surface area (Å²) in [5, 5.41) is 10.8. The Labute approximate surface area is 130 Å². The monoisotopic (exact) mass is 359 g/mol. The second-order valence-corrected chi connectivity index (χ2v) is 6.78. The highest BCUT2D eigenvalue weighted by Gasteiger charge is 2.53. The molecule has 1 heterocycles. The molecule has 1 aromatic carbocycles. The third kappa shape index (κ3) is 2.80. The number of ether oxygens (including phenoxy) is 1. The highest BCUT2D eigenvalue weighted by Crippen LogP contribution is 2.44. The Morgan fingerprint density at radius 2 is 2.20 bits per heavy atom. The van der Waals surface area contributed by atoms with Gasteiger partial charge in [0.1, 0.15) is 11.4 Å². The van der Waals surface area contributed by atoms with Crippen molar-refractivity contribution < 1.29 is 14.6 Å². The fourth-order valence-electron chi connectivity index (χ4n) is 2.49. The molecular weight excluding hydrogens is 346 g/mol. The minimum absolute atomic E-state index is 0.0268. The van der Waals surface area contributed by atoms with Crippen LogP contribution >= 0.6 is 27.5 Å². The Hall–Kier alpha value is -0.780. The number of amides is 1. The number of likely N-dealkylation sites (tertiary alicyclic amines) is 1. The molecule has 0 aromatic heterocycles. The summed E-state index contributed by atoms with van der Waals surface area (Å²) in [4.78, 5) is 13.6. The van der Waals surface area contributed by atoms with Gasteiger partial charge in [-0.25, -0.2) is 0 Å². The van der Waals surface area contributed by atoms with Crippen molar-refractivity contribution in [3.05, 3.63) is 27.7 Å². The van der Waals surface area contributed by atoms with Crippen molar-refractivity contribution in [1.82, 2.24) is 4.90 Å². The molecule has 1 saturated heterocycles. The lowest BCUT2D eigenvalue weighted by Gasteiger charge is -2.46. The number of β-amino-alcohol motifs (C(OH)–C–C–N with tert-alkyl or cyclic N) is 1. The van der Waals surface area contributed by atoms with Gasteiger partial charge in [0.05, 0.1) is 17.6 Å². The van der Waals surface area contributed by atoms with E-state index in [0.717, 1.165) is 17.3 Å². The van der Waals surface area contributed by atoms with E-state index in [9.17, 15) is 9.90 Å². The molecule has 1 aromatic rings. The Balaban J connectivity index is 1.50. The second kappa shape index (κ2) is 5.20. The van der Waals surface area contributed by atoms with E-state index in [1.807, 2.05) is 0 Å². The lowest BCUT2D eigenvalue weighted by Crippen LogP contribution is -2.65. The zero-order valence-electron chi connectivity index (χ0n) is 10.8. The van der Waals surface area contributed by atoms with E-state index in [2.05, 4.69) is 15.9 Å². The van der Waals surface area contributed by atoms with Crippen LogP contribution in [0.5, 0.6) is 5.75 Å². The van der Waals surface area contributed by atoms with Crippen molar-refractivity contribution in [3.8, 4) is 5.75 Å². The summed E-state index contributed by atoms with van der Waals surface area (Å²) in [5.74, 6) is 0.871. The number of hydrogen-bond acceptors (Lipinski definition) is 3. The van der Waals surface area contributed by atoms with Crippen LogP contribution in [0.15, 0.2) is 22.7 Å². The molecule has 6 heteroatoms. The third-order valence-electron chi connectivity index (χ3n) is 3.86. The molecule has 1 aliphatic heterocycles. The lowest BCUT2D eigenvalue weighted by molar-refractivity contribution is -0.161. The average Bonchev–Trinajstić information content (AvgIpc) is 3.18. The van der Waals surface area contributed by atoms with Crippen LogP contribution in [0.2, 0.25) is 5.02 Å². The first-order valence-corrected chi connectivity index (χ1v) is 7.73. The van der Waals surface area contributed by atoms with Crippen LogP contribution in [0.4, 0.5) is 0 Å². The summed E-state index contributed by atoms with van der Waals surface area (Å²) in [6, 6.07) is 5.15. The van der Waals surface area contributed by atoms with Crippen LogP contribution in [-0.4, -0.2) is 41.2 Å². The largest absolute Gasteiger partial charge is 0.483 e. The quantitative estimate of drug-likeness (QED) is 0.897. The van der Waals surface area contributed by atoms with Crippen molar-refractivity contribution in [2.45, 2.75) is 18.4 Å². The summed E-state index contributed by atoms with van der Waals surface area (Å²) < 4.78 is 6.19. The number of carbonyl (C=O) groups excluding carboxylic acids is 1. The molecule has 0 atom stereocenters. The SMILES string of the molecule is O=C(COc1ccc(Cl)cc1Br)N1CC(O)(C2CC2)C1. The molecule has 108 valence electrons. The summed E-state index contributed by atoms with van der Waals surface area (Å²) in [5.41, 5.74) is -0.642. The van der Waals surface area contributed by atoms with Gasteiger partial charge in [-0.2, -0.15) is 0 Å². The minimum Gasteiger partial charge on any atom is -0.483 e. The fourth-order valence-corrected chi connectivity index (χ4v) is 3.29. The maximum atomic E-state index is 12.0. The van der Waals surface area contributed by atoms with Crippen LogP contribution < -0.4 is 4.74 Å². The topological polar surface area (TPSA) is 49.8 Å². The normalized spacial score (nSPS) is 20.4. The number of aliphatic hydroxyl groups is 1. The Morgan fingerprint density at radius 3 is 2.80 bits per heavy atom. The van der Waals surface area contributed by atoms with E-state index < -0.39 is 5.60 Å². The fraction of sp³-hybridized carbons (Fsp3) is 0.500. The Kier molecular flexibility index (Phi) is 3.69. The van der Waals surface area contributed by atoms with Crippen molar-refractivity contribution in [2.75, 3.05) is 19.7 Å². The van der Waals surface area contributed by atoms with Gasteiger partial charge in [-0.3, -0.25) is 4.79 Å². The van der Waals surface area contributed by atoms with Crippen molar-refractivity contribution in [2.24, 2.45) is 5.92 Å². The zero-order valence-corrected chi connectivity index (χ0v) is 13.2. The molecule has 20 heavy (non-hydrogen) atoms. The molecule has 1 amide bonds. The highest BCUT2D eigenvalue weighted by atomic mass is 79.9. The van der Waals surface area contributed by atoms with Gasteiger partial charge < -0.3 is 14.7 Å². The zero-order chi connectivity index (χ0) is 14.3. The number of carbonyl (C=O) groups is 1. The van der Waals surface area contributed by atoms with Gasteiger partial charge in [0.15, 0.2) is 6.61 Å². The number of hydrogen-bond donors (Lipinski definition) is 1. The number of benzene rings is 1. The maximum absolute atomic E-state index is 12.0. The molecule has 0 spiro atoms. The van der Waals surface area contributed by atoms with E-state index in [-0.39, 0.29) is 12.5 Å². The molecule has 4 nitrogen and oxygen atoms in total. The molecule has 1 N–H and O–H groups in total. The summed E-state index contributed by atoms with van der Waals surface area (Å²) in [6.07, 6.45) is 2.15. The first-order valence-electron chi connectivity index (χ1n) is 6.56. The second-order valence-electron chi connectivity index (χ2n) is 5.49. The minimum atomic E-state index is -0.642. The third-order valence-corrected chi connectivity index (χ3v) is 4.72. The number of halogens is 2. The summed E-state index contributed by atoms with van der Waals surface area (Å²) in [7, 11) is 0. The molecule has 2 fully saturated rings. The van der Waals surface area contributed by atoms with E-state index >= 15 is 0 Å². The molecule has 1 aliphatic carbocycles. The molecule has 2 aliphatic rings. The predicted molar refractivity (Wildman–Crippen MR) is 78.9 cm³/mol. The van der Waals surface area contributed by atoms with Crippen molar-refractivity contribution in [1.29, 1.82) is 0 Å². The molecule has 0 radical (unpaired) electrons. The van der Waals surface area contributed by atoms with Crippen molar-refractivity contribution >= 4 is 33.4 Å². The van der Waals surface area contributed by atoms with Gasteiger partial charge in [-0.05, 0) is 52.9 Å². The highest BCUT2D eigenvalue weighted by molar-refractivity contribution is 9.10. The van der Waals surface area contributed by atoms with Gasteiger partial charge in [0, 0.05) is 5.02 Å². The number of rotatable bonds is 4. The molecular formula is C14H15BrClNO3. The van der Waals surface area contributed by atoms with Gasteiger partial charge in [-0.1, -0.05) is 11.6 Å².